The van der Waals surface area contributed by atoms with Crippen LogP contribution in [0.5, 0.6) is 0 Å². The first-order valence-corrected chi connectivity index (χ1v) is 8.77. The molecule has 2 N–H and O–H groups in total. The lowest BCUT2D eigenvalue weighted by Crippen LogP contribution is -2.28. The quantitative estimate of drug-likeness (QED) is 0.884. The van der Waals surface area contributed by atoms with Crippen LogP contribution in [-0.4, -0.2) is 14.3 Å². The third-order valence-electron chi connectivity index (χ3n) is 3.20. The van der Waals surface area contributed by atoms with Crippen LogP contribution in [0.4, 0.5) is 15.8 Å². The van der Waals surface area contributed by atoms with Gasteiger partial charge in [0, 0.05) is 11.5 Å². The molecule has 0 bridgehead atoms. The number of hydrogen-bond acceptors (Lipinski definition) is 3. The van der Waals surface area contributed by atoms with Crippen molar-refractivity contribution >= 4 is 27.3 Å². The molecule has 0 aliphatic carbocycles. The molecule has 7 heteroatoms. The number of nitrogens with one attached hydrogen (secondary N) is 2. The Labute approximate surface area is 141 Å². The Morgan fingerprint density at radius 3 is 2.21 bits per heavy atom. The Hall–Kier alpha value is -2.41. The summed E-state index contributed by atoms with van der Waals surface area (Å²) >= 11 is 0. The van der Waals surface area contributed by atoms with Crippen molar-refractivity contribution in [2.45, 2.75) is 25.7 Å². The van der Waals surface area contributed by atoms with Crippen LogP contribution in [0, 0.1) is 11.2 Å². The average Bonchev–Trinajstić information content (AvgIpc) is 2.49. The summed E-state index contributed by atoms with van der Waals surface area (Å²) in [7, 11) is -3.79. The molecule has 0 heterocycles. The van der Waals surface area contributed by atoms with E-state index in [0.29, 0.717) is 0 Å². The number of sulfonamides is 1. The number of carbonyl (C=O) groups is 1. The number of anilines is 2. The number of halogens is 1. The van der Waals surface area contributed by atoms with Crippen LogP contribution in [0.3, 0.4) is 0 Å². The Bertz CT molecular complexity index is 844. The zero-order chi connectivity index (χ0) is 18.0. The van der Waals surface area contributed by atoms with Gasteiger partial charge in [-0.15, -0.1) is 0 Å². The van der Waals surface area contributed by atoms with Crippen LogP contribution < -0.4 is 10.0 Å². The van der Waals surface area contributed by atoms with Gasteiger partial charge >= 0.3 is 0 Å². The summed E-state index contributed by atoms with van der Waals surface area (Å²) in [5, 5.41) is 2.48. The van der Waals surface area contributed by atoms with E-state index in [9.17, 15) is 17.6 Å². The lowest BCUT2D eigenvalue weighted by Gasteiger charge is -2.18. The zero-order valence-electron chi connectivity index (χ0n) is 13.6. The van der Waals surface area contributed by atoms with Gasteiger partial charge < -0.3 is 5.32 Å². The summed E-state index contributed by atoms with van der Waals surface area (Å²) in [6.45, 7) is 5.13. The lowest BCUT2D eigenvalue weighted by molar-refractivity contribution is -0.123. The first kappa shape index (κ1) is 17.9. The highest BCUT2D eigenvalue weighted by Gasteiger charge is 2.22. The minimum Gasteiger partial charge on any atom is -0.323 e. The van der Waals surface area contributed by atoms with Gasteiger partial charge in [-0.25, -0.2) is 12.8 Å². The highest BCUT2D eigenvalue weighted by atomic mass is 32.2. The second-order valence-electron chi connectivity index (χ2n) is 6.32. The molecule has 0 spiro atoms. The van der Waals surface area contributed by atoms with Crippen LogP contribution in [-0.2, 0) is 14.8 Å². The smallest absolute Gasteiger partial charge is 0.261 e. The van der Waals surface area contributed by atoms with Crippen molar-refractivity contribution in [3.8, 4) is 0 Å². The maximum absolute atomic E-state index is 14.1. The monoisotopic (exact) mass is 350 g/mol. The molecule has 0 saturated heterocycles. The van der Waals surface area contributed by atoms with Gasteiger partial charge in [0.2, 0.25) is 5.91 Å². The molecular weight excluding hydrogens is 331 g/mol. The van der Waals surface area contributed by atoms with Gasteiger partial charge in [-0.2, -0.15) is 0 Å². The number of amides is 1. The van der Waals surface area contributed by atoms with Crippen LogP contribution in [0.15, 0.2) is 53.4 Å². The van der Waals surface area contributed by atoms with Gasteiger partial charge in [0.05, 0.1) is 16.3 Å². The molecule has 2 aromatic carbocycles. The van der Waals surface area contributed by atoms with E-state index in [0.717, 1.165) is 6.07 Å². The standard InChI is InChI=1S/C17H19FN2O3S/c1-17(2,3)16(21)19-15-10-9-12(11-14(15)18)20-24(22,23)13-7-5-4-6-8-13/h4-11,20H,1-3H3,(H,19,21). The molecule has 24 heavy (non-hydrogen) atoms. The van der Waals surface area contributed by atoms with Gasteiger partial charge in [0.25, 0.3) is 10.0 Å². The van der Waals surface area contributed by atoms with Crippen LogP contribution in [0.25, 0.3) is 0 Å². The molecular formula is C17H19FN2O3S. The third kappa shape index (κ3) is 4.32. The van der Waals surface area contributed by atoms with Crippen LogP contribution in [0.2, 0.25) is 0 Å². The number of carbonyl (C=O) groups excluding carboxylic acids is 1. The van der Waals surface area contributed by atoms with Crippen molar-refractivity contribution in [2.75, 3.05) is 10.0 Å². The minimum absolute atomic E-state index is 0.00224. The summed E-state index contributed by atoms with van der Waals surface area (Å²) in [6, 6.07) is 11.5. The van der Waals surface area contributed by atoms with Gasteiger partial charge in [0.1, 0.15) is 5.82 Å². The van der Waals surface area contributed by atoms with E-state index >= 15 is 0 Å². The first-order chi connectivity index (χ1) is 11.1. The zero-order valence-corrected chi connectivity index (χ0v) is 14.4. The van der Waals surface area contributed by atoms with Crippen molar-refractivity contribution in [1.82, 2.24) is 0 Å². The van der Waals surface area contributed by atoms with Crippen molar-refractivity contribution < 1.29 is 17.6 Å². The van der Waals surface area contributed by atoms with Gasteiger partial charge in [0.15, 0.2) is 0 Å². The topological polar surface area (TPSA) is 75.3 Å². The maximum Gasteiger partial charge on any atom is 0.261 e. The molecule has 0 atom stereocenters. The highest BCUT2D eigenvalue weighted by molar-refractivity contribution is 7.92. The molecule has 2 rings (SSSR count). The van der Waals surface area contributed by atoms with Gasteiger partial charge in [-0.05, 0) is 24.3 Å². The predicted octanol–water partition coefficient (Wildman–Crippen LogP) is 3.61. The fraction of sp³-hybridized carbons (Fsp3) is 0.235. The summed E-state index contributed by atoms with van der Waals surface area (Å²) < 4.78 is 40.8. The van der Waals surface area contributed by atoms with Gasteiger partial charge in [-0.1, -0.05) is 39.0 Å². The van der Waals surface area contributed by atoms with Crippen molar-refractivity contribution in [1.29, 1.82) is 0 Å². The molecule has 0 aliphatic heterocycles. The van der Waals surface area contributed by atoms with Crippen molar-refractivity contribution in [3.63, 3.8) is 0 Å². The highest BCUT2D eigenvalue weighted by Crippen LogP contribution is 2.24. The Kier molecular flexibility index (Phi) is 4.94. The SMILES string of the molecule is CC(C)(C)C(=O)Nc1ccc(NS(=O)(=O)c2ccccc2)cc1F. The number of hydrogen-bond donors (Lipinski definition) is 2. The summed E-state index contributed by atoms with van der Waals surface area (Å²) in [5.74, 6) is -1.06. The van der Waals surface area contributed by atoms with E-state index in [-0.39, 0.29) is 22.2 Å². The van der Waals surface area contributed by atoms with E-state index in [2.05, 4.69) is 10.0 Å². The second-order valence-corrected chi connectivity index (χ2v) is 8.00. The molecule has 2 aromatic rings. The first-order valence-electron chi connectivity index (χ1n) is 7.28. The number of benzene rings is 2. The van der Waals surface area contributed by atoms with E-state index in [1.54, 1.807) is 39.0 Å². The molecule has 128 valence electrons. The fourth-order valence-corrected chi connectivity index (χ4v) is 2.87. The Balaban J connectivity index is 2.20. The Morgan fingerprint density at radius 2 is 1.67 bits per heavy atom. The number of rotatable bonds is 4. The van der Waals surface area contributed by atoms with Gasteiger partial charge in [-0.3, -0.25) is 9.52 Å². The molecule has 0 aromatic heterocycles. The second kappa shape index (κ2) is 6.60. The lowest BCUT2D eigenvalue weighted by atomic mass is 9.95. The van der Waals surface area contributed by atoms with Crippen molar-refractivity contribution in [3.05, 3.63) is 54.3 Å². The van der Waals surface area contributed by atoms with E-state index in [1.165, 1.54) is 24.3 Å². The molecule has 0 saturated carbocycles. The predicted molar refractivity (Wildman–Crippen MR) is 91.7 cm³/mol. The fourth-order valence-electron chi connectivity index (χ4n) is 1.80. The largest absolute Gasteiger partial charge is 0.323 e. The summed E-state index contributed by atoms with van der Waals surface area (Å²) in [6.07, 6.45) is 0. The summed E-state index contributed by atoms with van der Waals surface area (Å²) in [5.41, 5.74) is -0.595. The molecule has 0 aliphatic rings. The third-order valence-corrected chi connectivity index (χ3v) is 4.60. The average molecular weight is 350 g/mol. The van der Waals surface area contributed by atoms with E-state index in [1.807, 2.05) is 0 Å². The van der Waals surface area contributed by atoms with E-state index < -0.39 is 21.3 Å². The summed E-state index contributed by atoms with van der Waals surface area (Å²) in [4.78, 5) is 12.0. The van der Waals surface area contributed by atoms with E-state index in [4.69, 9.17) is 0 Å². The minimum atomic E-state index is -3.79. The normalized spacial score (nSPS) is 11.8. The van der Waals surface area contributed by atoms with Crippen LogP contribution >= 0.6 is 0 Å². The molecule has 0 fully saturated rings. The molecule has 1 amide bonds. The Morgan fingerprint density at radius 1 is 1.04 bits per heavy atom. The molecule has 0 radical (unpaired) electrons. The van der Waals surface area contributed by atoms with Crippen LogP contribution in [0.1, 0.15) is 20.8 Å². The molecule has 5 nitrogen and oxygen atoms in total. The van der Waals surface area contributed by atoms with Crippen molar-refractivity contribution in [2.24, 2.45) is 5.41 Å². The molecule has 0 unspecified atom stereocenters. The maximum atomic E-state index is 14.1.